The molecule has 3 rings (SSSR count). The summed E-state index contributed by atoms with van der Waals surface area (Å²) in [6.07, 6.45) is 3.43. The first-order valence-corrected chi connectivity index (χ1v) is 9.82. The van der Waals surface area contributed by atoms with Gasteiger partial charge in [0.2, 0.25) is 5.91 Å². The minimum atomic E-state index is -0.0429. The Labute approximate surface area is 144 Å². The fourth-order valence-corrected chi connectivity index (χ4v) is 5.36. The van der Waals surface area contributed by atoms with Gasteiger partial charge in [-0.2, -0.15) is 11.8 Å². The van der Waals surface area contributed by atoms with Gasteiger partial charge in [0.25, 0.3) is 0 Å². The number of amides is 3. The minimum Gasteiger partial charge on any atom is -0.332 e. The van der Waals surface area contributed by atoms with Crippen LogP contribution in [0.4, 0.5) is 9.93 Å². The third-order valence-corrected chi connectivity index (χ3v) is 6.85. The first-order valence-electron chi connectivity index (χ1n) is 7.95. The smallest absolute Gasteiger partial charge is 0.315 e. The molecule has 1 aromatic heterocycles. The SMILES string of the molecule is Cc1nc(NC(=O)CCCC[C@@H]2SC[C@@H]3NC(=O)N[C@@H]32)sc1C. The van der Waals surface area contributed by atoms with E-state index < -0.39 is 0 Å². The van der Waals surface area contributed by atoms with Crippen molar-refractivity contribution in [3.05, 3.63) is 10.6 Å². The van der Waals surface area contributed by atoms with Crippen molar-refractivity contribution < 1.29 is 9.59 Å². The summed E-state index contributed by atoms with van der Waals surface area (Å²) in [6.45, 7) is 3.95. The monoisotopic (exact) mass is 354 g/mol. The van der Waals surface area contributed by atoms with E-state index in [-0.39, 0.29) is 24.0 Å². The fourth-order valence-electron chi connectivity index (χ4n) is 2.98. The Morgan fingerprint density at radius 2 is 2.17 bits per heavy atom. The molecular weight excluding hydrogens is 332 g/mol. The van der Waals surface area contributed by atoms with Gasteiger partial charge in [0.15, 0.2) is 5.13 Å². The average Bonchev–Trinajstić information content (AvgIpc) is 3.11. The first kappa shape index (κ1) is 16.6. The Bertz CT molecular complexity index is 585. The number of hydrogen-bond donors (Lipinski definition) is 3. The van der Waals surface area contributed by atoms with Crippen molar-refractivity contribution >= 4 is 40.2 Å². The number of thiazole rings is 1. The van der Waals surface area contributed by atoms with E-state index in [1.165, 1.54) is 11.3 Å². The van der Waals surface area contributed by atoms with Gasteiger partial charge in [0, 0.05) is 22.3 Å². The van der Waals surface area contributed by atoms with Gasteiger partial charge in [0.1, 0.15) is 0 Å². The molecule has 0 aromatic carbocycles. The summed E-state index contributed by atoms with van der Waals surface area (Å²) >= 11 is 3.44. The van der Waals surface area contributed by atoms with Gasteiger partial charge in [0.05, 0.1) is 17.8 Å². The lowest BCUT2D eigenvalue weighted by Crippen LogP contribution is -2.36. The van der Waals surface area contributed by atoms with E-state index in [0.717, 1.165) is 35.6 Å². The quantitative estimate of drug-likeness (QED) is 0.541. The summed E-state index contributed by atoms with van der Waals surface area (Å²) in [5.41, 5.74) is 0.977. The van der Waals surface area contributed by atoms with Gasteiger partial charge in [-0.1, -0.05) is 6.42 Å². The number of urea groups is 1. The fraction of sp³-hybridized carbons (Fsp3) is 0.667. The summed E-state index contributed by atoms with van der Waals surface area (Å²) in [5, 5.41) is 9.97. The van der Waals surface area contributed by atoms with Crippen LogP contribution in [0.2, 0.25) is 0 Å². The summed E-state index contributed by atoms with van der Waals surface area (Å²) in [4.78, 5) is 28.7. The molecule has 0 spiro atoms. The van der Waals surface area contributed by atoms with Crippen LogP contribution >= 0.6 is 23.1 Å². The van der Waals surface area contributed by atoms with Crippen LogP contribution < -0.4 is 16.0 Å². The standard InChI is InChI=1S/C15H22N4O2S2/c1-8-9(2)23-15(16-8)18-12(20)6-4-3-5-11-13-10(7-22-11)17-14(21)19-13/h10-11,13H,3-7H2,1-2H3,(H,16,18,20)(H2,17,19,21)/t10-,11-,13-/m0/s1. The van der Waals surface area contributed by atoms with Crippen LogP contribution in [0.25, 0.3) is 0 Å². The van der Waals surface area contributed by atoms with E-state index in [0.29, 0.717) is 16.8 Å². The molecule has 0 saturated carbocycles. The van der Waals surface area contributed by atoms with Crippen molar-refractivity contribution in [1.29, 1.82) is 0 Å². The van der Waals surface area contributed by atoms with Crippen molar-refractivity contribution in [2.24, 2.45) is 0 Å². The summed E-state index contributed by atoms with van der Waals surface area (Å²) in [6, 6.07) is 0.485. The van der Waals surface area contributed by atoms with Gasteiger partial charge < -0.3 is 16.0 Å². The van der Waals surface area contributed by atoms with Gasteiger partial charge in [-0.15, -0.1) is 11.3 Å². The number of fused-ring (bicyclic) bond motifs is 1. The lowest BCUT2D eigenvalue weighted by Gasteiger charge is -2.16. The number of aryl methyl sites for hydroxylation is 2. The van der Waals surface area contributed by atoms with Crippen molar-refractivity contribution in [1.82, 2.24) is 15.6 Å². The highest BCUT2D eigenvalue weighted by Crippen LogP contribution is 2.33. The molecule has 0 radical (unpaired) electrons. The van der Waals surface area contributed by atoms with Crippen LogP contribution in [-0.2, 0) is 4.79 Å². The molecule has 2 aliphatic rings. The molecule has 3 amide bonds. The molecule has 0 unspecified atom stereocenters. The number of unbranched alkanes of at least 4 members (excludes halogenated alkanes) is 1. The molecule has 23 heavy (non-hydrogen) atoms. The van der Waals surface area contributed by atoms with Crippen LogP contribution in [0.3, 0.4) is 0 Å². The number of rotatable bonds is 6. The van der Waals surface area contributed by atoms with Crippen LogP contribution in [0.1, 0.15) is 36.3 Å². The van der Waals surface area contributed by atoms with E-state index >= 15 is 0 Å². The average molecular weight is 355 g/mol. The molecule has 2 saturated heterocycles. The number of nitrogens with zero attached hydrogens (tertiary/aromatic N) is 1. The maximum Gasteiger partial charge on any atom is 0.315 e. The van der Waals surface area contributed by atoms with E-state index in [9.17, 15) is 9.59 Å². The van der Waals surface area contributed by atoms with E-state index in [2.05, 4.69) is 20.9 Å². The van der Waals surface area contributed by atoms with E-state index in [1.807, 2.05) is 25.6 Å². The number of thioether (sulfide) groups is 1. The molecule has 6 nitrogen and oxygen atoms in total. The molecule has 2 aliphatic heterocycles. The van der Waals surface area contributed by atoms with Crippen molar-refractivity contribution in [3.8, 4) is 0 Å². The first-order chi connectivity index (χ1) is 11.0. The topological polar surface area (TPSA) is 83.1 Å². The number of anilines is 1. The molecule has 8 heteroatoms. The summed E-state index contributed by atoms with van der Waals surface area (Å²) in [7, 11) is 0. The third kappa shape index (κ3) is 3.98. The molecule has 1 aromatic rings. The van der Waals surface area contributed by atoms with E-state index in [4.69, 9.17) is 0 Å². The van der Waals surface area contributed by atoms with Crippen molar-refractivity contribution in [3.63, 3.8) is 0 Å². The zero-order valence-corrected chi connectivity index (χ0v) is 15.0. The second-order valence-corrected chi connectivity index (χ2v) is 8.55. The van der Waals surface area contributed by atoms with Gasteiger partial charge in [-0.25, -0.2) is 9.78 Å². The second-order valence-electron chi connectivity index (χ2n) is 6.08. The Morgan fingerprint density at radius 3 is 2.91 bits per heavy atom. The lowest BCUT2D eigenvalue weighted by molar-refractivity contribution is -0.116. The zero-order valence-electron chi connectivity index (χ0n) is 13.3. The third-order valence-electron chi connectivity index (χ3n) is 4.36. The van der Waals surface area contributed by atoms with Crippen molar-refractivity contribution in [2.75, 3.05) is 11.1 Å². The number of carbonyl (C=O) groups is 2. The maximum absolute atomic E-state index is 11.9. The number of hydrogen-bond acceptors (Lipinski definition) is 5. The molecule has 3 N–H and O–H groups in total. The minimum absolute atomic E-state index is 0.0338. The van der Waals surface area contributed by atoms with Crippen LogP contribution in [-0.4, -0.2) is 40.0 Å². The lowest BCUT2D eigenvalue weighted by atomic mass is 10.0. The Kier molecular flexibility index (Phi) is 5.11. The highest BCUT2D eigenvalue weighted by molar-refractivity contribution is 8.00. The summed E-state index contributed by atoms with van der Waals surface area (Å²) in [5.74, 6) is 1.02. The summed E-state index contributed by atoms with van der Waals surface area (Å²) < 4.78 is 0. The second kappa shape index (κ2) is 7.09. The number of nitrogens with one attached hydrogen (secondary N) is 3. The molecule has 3 atom stereocenters. The normalized spacial score (nSPS) is 25.8. The molecule has 0 bridgehead atoms. The largest absolute Gasteiger partial charge is 0.332 e. The Hall–Kier alpha value is -1.28. The van der Waals surface area contributed by atoms with Crippen LogP contribution in [0, 0.1) is 13.8 Å². The Balaban J connectivity index is 1.35. The van der Waals surface area contributed by atoms with Crippen LogP contribution in [0.5, 0.6) is 0 Å². The van der Waals surface area contributed by atoms with Gasteiger partial charge >= 0.3 is 6.03 Å². The molecule has 126 valence electrons. The molecule has 2 fully saturated rings. The highest BCUT2D eigenvalue weighted by Gasteiger charge is 2.42. The number of carbonyl (C=O) groups excluding carboxylic acids is 2. The Morgan fingerprint density at radius 1 is 1.35 bits per heavy atom. The number of aromatic nitrogens is 1. The highest BCUT2D eigenvalue weighted by atomic mass is 32.2. The van der Waals surface area contributed by atoms with Crippen LogP contribution in [0.15, 0.2) is 0 Å². The van der Waals surface area contributed by atoms with Crippen molar-refractivity contribution in [2.45, 2.75) is 56.9 Å². The zero-order chi connectivity index (χ0) is 16.4. The molecular formula is C15H22N4O2S2. The predicted octanol–water partition coefficient (Wildman–Crippen LogP) is 2.42. The molecule has 0 aliphatic carbocycles. The predicted molar refractivity (Wildman–Crippen MR) is 94.2 cm³/mol. The van der Waals surface area contributed by atoms with Gasteiger partial charge in [-0.05, 0) is 26.7 Å². The van der Waals surface area contributed by atoms with Gasteiger partial charge in [-0.3, -0.25) is 4.79 Å². The maximum atomic E-state index is 11.9. The van der Waals surface area contributed by atoms with E-state index in [1.54, 1.807) is 0 Å². The molecule has 3 heterocycles.